The van der Waals surface area contributed by atoms with Gasteiger partial charge in [0.1, 0.15) is 11.3 Å². The molecule has 0 saturated carbocycles. The lowest BCUT2D eigenvalue weighted by Crippen LogP contribution is -1.92. The predicted molar refractivity (Wildman–Crippen MR) is 54.8 cm³/mol. The largest absolute Gasteiger partial charge is 0.508 e. The number of phenols is 1. The first-order chi connectivity index (χ1) is 7.09. The molecule has 0 radical (unpaired) electrons. The first-order valence-corrected chi connectivity index (χ1v) is 4.32. The number of hydrogen-bond acceptors (Lipinski definition) is 4. The fourth-order valence-electron chi connectivity index (χ4n) is 1.49. The Morgan fingerprint density at radius 2 is 2.20 bits per heavy atom. The molecule has 0 aliphatic heterocycles. The van der Waals surface area contributed by atoms with E-state index in [9.17, 15) is 15.2 Å². The third kappa shape index (κ3) is 1.48. The average Bonchev–Trinajstić information content (AvgIpc) is 2.18. The van der Waals surface area contributed by atoms with Crippen LogP contribution in [0.15, 0.2) is 24.4 Å². The molecule has 0 aliphatic rings. The fraction of sp³-hybridized carbons (Fsp3) is 0.100. The van der Waals surface area contributed by atoms with E-state index in [4.69, 9.17) is 0 Å². The Morgan fingerprint density at radius 3 is 2.87 bits per heavy atom. The maximum Gasteiger partial charge on any atom is 0.299 e. The minimum absolute atomic E-state index is 0.120. The minimum atomic E-state index is -0.547. The number of benzene rings is 1. The van der Waals surface area contributed by atoms with Gasteiger partial charge in [-0.2, -0.15) is 0 Å². The second-order valence-electron chi connectivity index (χ2n) is 3.25. The van der Waals surface area contributed by atoms with Gasteiger partial charge in [-0.15, -0.1) is 0 Å². The number of nitro groups is 1. The Bertz CT molecular complexity index is 552. The summed E-state index contributed by atoms with van der Waals surface area (Å²) in [5.41, 5.74) is 0.977. The standard InChI is InChI=1S/C10H8N2O3/c1-6-2-3-11-10-8(6)4-7(13)5-9(10)12(14)15/h2-5,13H,1H3. The number of phenolic OH excluding ortho intramolecular Hbond substituents is 1. The number of aryl methyl sites for hydroxylation is 1. The maximum absolute atomic E-state index is 10.7. The van der Waals surface area contributed by atoms with Crippen molar-refractivity contribution in [1.82, 2.24) is 4.98 Å². The second kappa shape index (κ2) is 3.20. The molecule has 0 aliphatic carbocycles. The van der Waals surface area contributed by atoms with Gasteiger partial charge in [0.25, 0.3) is 5.69 Å². The SMILES string of the molecule is Cc1ccnc2c([N+](=O)[O-])cc(O)cc12. The van der Waals surface area contributed by atoms with Crippen LogP contribution >= 0.6 is 0 Å². The first-order valence-electron chi connectivity index (χ1n) is 4.32. The number of fused-ring (bicyclic) bond motifs is 1. The molecule has 5 heteroatoms. The van der Waals surface area contributed by atoms with Crippen LogP contribution in [-0.4, -0.2) is 15.0 Å². The van der Waals surface area contributed by atoms with Crippen molar-refractivity contribution in [3.05, 3.63) is 40.1 Å². The third-order valence-electron chi connectivity index (χ3n) is 2.22. The molecule has 2 rings (SSSR count). The Labute approximate surface area is 85.1 Å². The van der Waals surface area contributed by atoms with E-state index in [2.05, 4.69) is 4.98 Å². The molecule has 0 bridgehead atoms. The maximum atomic E-state index is 10.7. The smallest absolute Gasteiger partial charge is 0.299 e. The highest BCUT2D eigenvalue weighted by molar-refractivity contribution is 5.90. The molecule has 1 N–H and O–H groups in total. The zero-order chi connectivity index (χ0) is 11.0. The van der Waals surface area contributed by atoms with Gasteiger partial charge in [-0.25, -0.2) is 4.98 Å². The van der Waals surface area contributed by atoms with Crippen LogP contribution in [-0.2, 0) is 0 Å². The van der Waals surface area contributed by atoms with Crippen LogP contribution in [0.5, 0.6) is 5.75 Å². The van der Waals surface area contributed by atoms with Crippen molar-refractivity contribution in [3.8, 4) is 5.75 Å². The molecule has 0 spiro atoms. The van der Waals surface area contributed by atoms with Crippen molar-refractivity contribution >= 4 is 16.6 Å². The van der Waals surface area contributed by atoms with Crippen molar-refractivity contribution in [1.29, 1.82) is 0 Å². The van der Waals surface area contributed by atoms with Gasteiger partial charge >= 0.3 is 0 Å². The lowest BCUT2D eigenvalue weighted by Gasteiger charge is -2.02. The summed E-state index contributed by atoms with van der Waals surface area (Å²) in [5.74, 6) is -0.120. The molecule has 2 aromatic rings. The van der Waals surface area contributed by atoms with Crippen molar-refractivity contribution in [3.63, 3.8) is 0 Å². The Balaban J connectivity index is 2.92. The highest BCUT2D eigenvalue weighted by atomic mass is 16.6. The second-order valence-corrected chi connectivity index (χ2v) is 3.25. The lowest BCUT2D eigenvalue weighted by molar-refractivity contribution is -0.383. The number of aromatic hydroxyl groups is 1. The zero-order valence-corrected chi connectivity index (χ0v) is 7.97. The molecule has 76 valence electrons. The van der Waals surface area contributed by atoms with Gasteiger partial charge in [-0.3, -0.25) is 10.1 Å². The monoisotopic (exact) mass is 204 g/mol. The number of hydrogen-bond donors (Lipinski definition) is 1. The molecule has 0 amide bonds. The highest BCUT2D eigenvalue weighted by Gasteiger charge is 2.15. The molecule has 0 fully saturated rings. The highest BCUT2D eigenvalue weighted by Crippen LogP contribution is 2.30. The van der Waals surface area contributed by atoms with Crippen LogP contribution < -0.4 is 0 Å². The fourth-order valence-corrected chi connectivity index (χ4v) is 1.49. The van der Waals surface area contributed by atoms with Crippen molar-refractivity contribution in [2.45, 2.75) is 6.92 Å². The molecule has 15 heavy (non-hydrogen) atoms. The van der Waals surface area contributed by atoms with Crippen LogP contribution in [0, 0.1) is 17.0 Å². The van der Waals surface area contributed by atoms with Gasteiger partial charge in [-0.1, -0.05) is 0 Å². The summed E-state index contributed by atoms with van der Waals surface area (Å²) in [5, 5.41) is 20.7. The summed E-state index contributed by atoms with van der Waals surface area (Å²) in [6, 6.07) is 4.32. The Kier molecular flexibility index (Phi) is 2.00. The van der Waals surface area contributed by atoms with Gasteiger partial charge in [0.05, 0.1) is 11.0 Å². The van der Waals surface area contributed by atoms with E-state index < -0.39 is 4.92 Å². The number of nitrogens with zero attached hydrogens (tertiary/aromatic N) is 2. The van der Waals surface area contributed by atoms with Gasteiger partial charge in [0.15, 0.2) is 0 Å². The molecule has 0 atom stereocenters. The molecule has 0 unspecified atom stereocenters. The molecular weight excluding hydrogens is 196 g/mol. The lowest BCUT2D eigenvalue weighted by atomic mass is 10.1. The number of rotatable bonds is 1. The number of pyridine rings is 1. The summed E-state index contributed by atoms with van der Waals surface area (Å²) in [4.78, 5) is 14.1. The summed E-state index contributed by atoms with van der Waals surface area (Å²) in [7, 11) is 0. The van der Waals surface area contributed by atoms with Crippen LogP contribution in [0.3, 0.4) is 0 Å². The number of non-ortho nitro benzene ring substituents is 1. The Morgan fingerprint density at radius 1 is 1.47 bits per heavy atom. The molecular formula is C10H8N2O3. The van der Waals surface area contributed by atoms with Gasteiger partial charge in [-0.05, 0) is 24.6 Å². The van der Waals surface area contributed by atoms with Crippen molar-refractivity contribution < 1.29 is 10.0 Å². The summed E-state index contributed by atoms with van der Waals surface area (Å²) >= 11 is 0. The van der Waals surface area contributed by atoms with Gasteiger partial charge < -0.3 is 5.11 Å². The third-order valence-corrected chi connectivity index (χ3v) is 2.22. The number of aromatic nitrogens is 1. The molecule has 1 heterocycles. The van der Waals surface area contributed by atoms with Gasteiger partial charge in [0, 0.05) is 11.6 Å². The van der Waals surface area contributed by atoms with E-state index in [0.29, 0.717) is 10.9 Å². The minimum Gasteiger partial charge on any atom is -0.508 e. The first kappa shape index (κ1) is 9.39. The van der Waals surface area contributed by atoms with E-state index >= 15 is 0 Å². The van der Waals surface area contributed by atoms with Crippen LogP contribution in [0.4, 0.5) is 5.69 Å². The van der Waals surface area contributed by atoms with E-state index in [-0.39, 0.29) is 11.4 Å². The molecule has 1 aromatic heterocycles. The van der Waals surface area contributed by atoms with Crippen LogP contribution in [0.1, 0.15) is 5.56 Å². The summed E-state index contributed by atoms with van der Waals surface area (Å²) in [6.45, 7) is 1.81. The summed E-state index contributed by atoms with van der Waals surface area (Å²) in [6.07, 6.45) is 1.52. The van der Waals surface area contributed by atoms with Crippen molar-refractivity contribution in [2.75, 3.05) is 0 Å². The van der Waals surface area contributed by atoms with Crippen LogP contribution in [0.2, 0.25) is 0 Å². The average molecular weight is 204 g/mol. The van der Waals surface area contributed by atoms with E-state index in [0.717, 1.165) is 11.6 Å². The topological polar surface area (TPSA) is 76.3 Å². The van der Waals surface area contributed by atoms with Gasteiger partial charge in [0.2, 0.25) is 0 Å². The van der Waals surface area contributed by atoms with Crippen LogP contribution in [0.25, 0.3) is 10.9 Å². The Hall–Kier alpha value is -2.17. The van der Waals surface area contributed by atoms with E-state index in [1.165, 1.54) is 12.3 Å². The zero-order valence-electron chi connectivity index (χ0n) is 7.97. The molecule has 1 aromatic carbocycles. The van der Waals surface area contributed by atoms with Crippen molar-refractivity contribution in [2.24, 2.45) is 0 Å². The number of nitro benzene ring substituents is 1. The molecule has 0 saturated heterocycles. The summed E-state index contributed by atoms with van der Waals surface area (Å²) < 4.78 is 0. The predicted octanol–water partition coefficient (Wildman–Crippen LogP) is 2.16. The molecule has 5 nitrogen and oxygen atoms in total. The van der Waals surface area contributed by atoms with E-state index in [1.54, 1.807) is 6.07 Å². The van der Waals surface area contributed by atoms with E-state index in [1.807, 2.05) is 6.92 Å². The normalized spacial score (nSPS) is 10.5. The quantitative estimate of drug-likeness (QED) is 0.570.